The number of aryl methyl sites for hydroxylation is 3. The van der Waals surface area contributed by atoms with Crippen LogP contribution < -0.4 is 0 Å². The molecule has 0 radical (unpaired) electrons. The van der Waals surface area contributed by atoms with E-state index in [2.05, 4.69) is 79.3 Å². The van der Waals surface area contributed by atoms with Crippen molar-refractivity contribution in [1.82, 2.24) is 45.1 Å². The number of nitrogens with one attached hydrogen (secondary N) is 1. The Morgan fingerprint density at radius 1 is 1.06 bits per heavy atom. The number of rotatable bonds is 5. The highest BCUT2D eigenvalue weighted by Crippen LogP contribution is 2.27. The molecule has 0 spiro atoms. The number of aromatic amines is 1. The summed E-state index contributed by atoms with van der Waals surface area (Å²) in [6.45, 7) is 6.94. The molecule has 1 aromatic carbocycles. The summed E-state index contributed by atoms with van der Waals surface area (Å²) >= 11 is 0. The second kappa shape index (κ2) is 7.67. The Kier molecular flexibility index (Phi) is 4.70. The van der Waals surface area contributed by atoms with Crippen LogP contribution in [-0.2, 0) is 13.0 Å². The molecular formula is C22H21N9. The molecular weight excluding hydrogens is 390 g/mol. The summed E-state index contributed by atoms with van der Waals surface area (Å²) in [6, 6.07) is 10.4. The minimum absolute atomic E-state index is 0.536. The summed E-state index contributed by atoms with van der Waals surface area (Å²) in [5.41, 5.74) is 7.73. The average Bonchev–Trinajstić information content (AvgIpc) is 3.43. The van der Waals surface area contributed by atoms with E-state index >= 15 is 0 Å². The van der Waals surface area contributed by atoms with Crippen molar-refractivity contribution in [3.8, 4) is 22.6 Å². The summed E-state index contributed by atoms with van der Waals surface area (Å²) < 4.78 is 2.21. The minimum atomic E-state index is 0.536. The molecule has 0 aliphatic heterocycles. The van der Waals surface area contributed by atoms with Gasteiger partial charge in [0.25, 0.3) is 0 Å². The SMILES string of the molecule is CCc1nc2c(C)cc(C)nc2n1Cc1ccc(-c2ncncc2-c2nnn[nH]2)cc1. The molecule has 0 aliphatic rings. The lowest BCUT2D eigenvalue weighted by atomic mass is 10.0. The summed E-state index contributed by atoms with van der Waals surface area (Å²) in [4.78, 5) is 18.2. The smallest absolute Gasteiger partial charge is 0.183 e. The van der Waals surface area contributed by atoms with Crippen LogP contribution in [0.1, 0.15) is 29.6 Å². The molecule has 0 saturated heterocycles. The molecule has 0 amide bonds. The van der Waals surface area contributed by atoms with Crippen molar-refractivity contribution in [3.63, 3.8) is 0 Å². The molecule has 9 nitrogen and oxygen atoms in total. The number of H-pyrrole nitrogens is 1. The molecule has 0 aliphatic carbocycles. The van der Waals surface area contributed by atoms with Crippen LogP contribution in [0.2, 0.25) is 0 Å². The number of hydrogen-bond acceptors (Lipinski definition) is 7. The number of fused-ring (bicyclic) bond motifs is 1. The Morgan fingerprint density at radius 3 is 2.65 bits per heavy atom. The molecule has 4 heterocycles. The third kappa shape index (κ3) is 3.43. The van der Waals surface area contributed by atoms with Gasteiger partial charge >= 0.3 is 0 Å². The van der Waals surface area contributed by atoms with Crippen LogP contribution >= 0.6 is 0 Å². The molecule has 0 saturated carbocycles. The molecule has 154 valence electrons. The van der Waals surface area contributed by atoms with Crippen LogP contribution in [0.25, 0.3) is 33.8 Å². The second-order valence-corrected chi connectivity index (χ2v) is 7.45. The van der Waals surface area contributed by atoms with E-state index in [0.29, 0.717) is 12.4 Å². The van der Waals surface area contributed by atoms with Crippen molar-refractivity contribution in [2.45, 2.75) is 33.7 Å². The van der Waals surface area contributed by atoms with Crippen LogP contribution in [-0.4, -0.2) is 45.1 Å². The van der Waals surface area contributed by atoms with Gasteiger partial charge in [0.2, 0.25) is 0 Å². The van der Waals surface area contributed by atoms with Crippen molar-refractivity contribution < 1.29 is 0 Å². The van der Waals surface area contributed by atoms with Crippen LogP contribution in [0, 0.1) is 13.8 Å². The predicted molar refractivity (Wildman–Crippen MR) is 116 cm³/mol. The van der Waals surface area contributed by atoms with Gasteiger partial charge < -0.3 is 4.57 Å². The Bertz CT molecular complexity index is 1350. The van der Waals surface area contributed by atoms with Crippen molar-refractivity contribution >= 4 is 11.2 Å². The Morgan fingerprint density at radius 2 is 1.90 bits per heavy atom. The highest BCUT2D eigenvalue weighted by Gasteiger charge is 2.15. The van der Waals surface area contributed by atoms with Gasteiger partial charge in [0.1, 0.15) is 17.7 Å². The van der Waals surface area contributed by atoms with E-state index in [-0.39, 0.29) is 0 Å². The molecule has 5 rings (SSSR count). The van der Waals surface area contributed by atoms with Crippen molar-refractivity contribution in [2.24, 2.45) is 0 Å². The summed E-state index contributed by atoms with van der Waals surface area (Å²) in [6.07, 6.45) is 4.08. The van der Waals surface area contributed by atoms with Gasteiger partial charge in [0.05, 0.1) is 17.8 Å². The first kappa shape index (κ1) is 19.0. The lowest BCUT2D eigenvalue weighted by Gasteiger charge is -2.10. The van der Waals surface area contributed by atoms with Crippen molar-refractivity contribution in [1.29, 1.82) is 0 Å². The van der Waals surface area contributed by atoms with E-state index < -0.39 is 0 Å². The lowest BCUT2D eigenvalue weighted by Crippen LogP contribution is -2.05. The largest absolute Gasteiger partial charge is 0.308 e. The molecule has 0 fully saturated rings. The minimum Gasteiger partial charge on any atom is -0.308 e. The van der Waals surface area contributed by atoms with Gasteiger partial charge in [-0.15, -0.1) is 5.10 Å². The lowest BCUT2D eigenvalue weighted by molar-refractivity contribution is 0.745. The molecule has 9 heteroatoms. The zero-order valence-corrected chi connectivity index (χ0v) is 17.5. The quantitative estimate of drug-likeness (QED) is 0.472. The van der Waals surface area contributed by atoms with E-state index in [0.717, 1.165) is 57.1 Å². The van der Waals surface area contributed by atoms with Gasteiger partial charge in [0, 0.05) is 23.9 Å². The van der Waals surface area contributed by atoms with Gasteiger partial charge in [-0.25, -0.2) is 25.0 Å². The fourth-order valence-electron chi connectivity index (χ4n) is 3.84. The van der Waals surface area contributed by atoms with Crippen molar-refractivity contribution in [3.05, 3.63) is 65.5 Å². The van der Waals surface area contributed by atoms with Crippen LogP contribution in [0.15, 0.2) is 42.9 Å². The average molecular weight is 411 g/mol. The standard InChI is InChI=1S/C22H21N9/c1-4-18-26-19-13(2)9-14(3)25-22(19)31(18)11-15-5-7-16(8-6-15)20-17(10-23-12-24-20)21-27-29-30-28-21/h5-10,12H,4,11H2,1-3H3,(H,27,28,29,30). The first-order valence-electron chi connectivity index (χ1n) is 10.1. The topological polar surface area (TPSA) is 111 Å². The van der Waals surface area contributed by atoms with Gasteiger partial charge in [-0.3, -0.25) is 0 Å². The fourth-order valence-corrected chi connectivity index (χ4v) is 3.84. The second-order valence-electron chi connectivity index (χ2n) is 7.45. The van der Waals surface area contributed by atoms with E-state index in [1.165, 1.54) is 6.33 Å². The number of nitrogens with zero attached hydrogens (tertiary/aromatic N) is 8. The Hall–Kier alpha value is -4.01. The summed E-state index contributed by atoms with van der Waals surface area (Å²) in [5, 5.41) is 14.1. The van der Waals surface area contributed by atoms with E-state index in [1.807, 2.05) is 6.92 Å². The molecule has 4 aromatic heterocycles. The first-order valence-corrected chi connectivity index (χ1v) is 10.1. The molecule has 1 N–H and O–H groups in total. The fraction of sp³-hybridized carbons (Fsp3) is 0.227. The molecule has 0 bridgehead atoms. The number of aromatic nitrogens is 9. The predicted octanol–water partition coefficient (Wildman–Crippen LogP) is 3.30. The summed E-state index contributed by atoms with van der Waals surface area (Å²) in [5.74, 6) is 1.57. The monoisotopic (exact) mass is 411 g/mol. The molecule has 0 atom stereocenters. The molecule has 0 unspecified atom stereocenters. The van der Waals surface area contributed by atoms with Gasteiger partial charge in [0.15, 0.2) is 11.5 Å². The maximum atomic E-state index is 4.83. The van der Waals surface area contributed by atoms with Gasteiger partial charge in [-0.1, -0.05) is 31.2 Å². The molecule has 5 aromatic rings. The third-order valence-corrected chi connectivity index (χ3v) is 5.30. The van der Waals surface area contributed by atoms with Crippen LogP contribution in [0.5, 0.6) is 0 Å². The van der Waals surface area contributed by atoms with Gasteiger partial charge in [-0.05, 0) is 41.5 Å². The first-order chi connectivity index (χ1) is 15.1. The normalized spacial score (nSPS) is 11.3. The zero-order valence-electron chi connectivity index (χ0n) is 17.5. The highest BCUT2D eigenvalue weighted by molar-refractivity contribution is 5.77. The van der Waals surface area contributed by atoms with Crippen LogP contribution in [0.3, 0.4) is 0 Å². The Balaban J connectivity index is 1.51. The maximum absolute atomic E-state index is 4.83. The third-order valence-electron chi connectivity index (χ3n) is 5.30. The number of hydrogen-bond donors (Lipinski definition) is 1. The molecule has 31 heavy (non-hydrogen) atoms. The number of benzene rings is 1. The number of imidazole rings is 1. The summed E-state index contributed by atoms with van der Waals surface area (Å²) in [7, 11) is 0. The zero-order chi connectivity index (χ0) is 21.4. The maximum Gasteiger partial charge on any atom is 0.183 e. The van der Waals surface area contributed by atoms with E-state index in [4.69, 9.17) is 9.97 Å². The van der Waals surface area contributed by atoms with E-state index in [9.17, 15) is 0 Å². The van der Waals surface area contributed by atoms with Gasteiger partial charge in [-0.2, -0.15) is 0 Å². The number of pyridine rings is 1. The van der Waals surface area contributed by atoms with Crippen molar-refractivity contribution in [2.75, 3.05) is 0 Å². The number of tetrazole rings is 1. The van der Waals surface area contributed by atoms with E-state index in [1.54, 1.807) is 6.20 Å². The Labute approximate surface area is 178 Å². The highest BCUT2D eigenvalue weighted by atomic mass is 15.5. The van der Waals surface area contributed by atoms with Crippen LogP contribution in [0.4, 0.5) is 0 Å².